The molecule has 1 aromatic heterocycles. The Morgan fingerprint density at radius 3 is 2.64 bits per heavy atom. The monoisotopic (exact) mass is 445 g/mol. The van der Waals surface area contributed by atoms with Crippen LogP contribution in [0.5, 0.6) is 5.75 Å². The van der Waals surface area contributed by atoms with Gasteiger partial charge in [0, 0.05) is 24.7 Å². The summed E-state index contributed by atoms with van der Waals surface area (Å²) >= 11 is 0. The molecular weight excluding hydrogens is 410 g/mol. The molecule has 1 saturated carbocycles. The zero-order chi connectivity index (χ0) is 22.9. The zero-order valence-corrected chi connectivity index (χ0v) is 20.1. The van der Waals surface area contributed by atoms with Crippen LogP contribution in [0.1, 0.15) is 51.5 Å². The Balaban J connectivity index is 1.58. The van der Waals surface area contributed by atoms with Gasteiger partial charge in [0.05, 0.1) is 17.0 Å². The minimum Gasteiger partial charge on any atom is -0.490 e. The number of piperidine rings is 1. The van der Waals surface area contributed by atoms with Crippen molar-refractivity contribution in [1.82, 2.24) is 14.5 Å². The van der Waals surface area contributed by atoms with E-state index < -0.39 is 0 Å². The lowest BCUT2D eigenvalue weighted by Gasteiger charge is -2.36. The number of aryl methyl sites for hydroxylation is 1. The van der Waals surface area contributed by atoms with E-state index in [0.717, 1.165) is 60.6 Å². The highest BCUT2D eigenvalue weighted by Gasteiger charge is 2.25. The molecule has 1 aliphatic carbocycles. The highest BCUT2D eigenvalue weighted by Crippen LogP contribution is 2.29. The molecule has 0 unspecified atom stereocenters. The standard InChI is InChI=1S/C28H35N3O2/c1-19(2)30-15-7-9-21(17-30)18-31-27(24-12-5-4-8-20(24)3)29-26-14-13-23(16-25(26)28(31)32)33-22-10-6-11-22/h4-5,8,12-14,16,19,21-22H,6-7,9-11,15,17-18H2,1-3H3/t21-/m0/s1. The molecule has 0 spiro atoms. The Bertz CT molecular complexity index is 1200. The second-order valence-corrected chi connectivity index (χ2v) is 10.1. The molecule has 3 aromatic rings. The van der Waals surface area contributed by atoms with Crippen LogP contribution >= 0.6 is 0 Å². The van der Waals surface area contributed by atoms with E-state index in [1.165, 1.54) is 12.8 Å². The predicted molar refractivity (Wildman–Crippen MR) is 134 cm³/mol. The first-order valence-corrected chi connectivity index (χ1v) is 12.5. The van der Waals surface area contributed by atoms with Crippen molar-refractivity contribution in [3.05, 3.63) is 58.4 Å². The first kappa shape index (κ1) is 22.1. The number of rotatable bonds is 6. The van der Waals surface area contributed by atoms with E-state index in [1.54, 1.807) is 0 Å². The van der Waals surface area contributed by atoms with Crippen LogP contribution in [0.3, 0.4) is 0 Å². The second kappa shape index (κ2) is 9.30. The molecule has 0 amide bonds. The smallest absolute Gasteiger partial charge is 0.261 e. The van der Waals surface area contributed by atoms with E-state index >= 15 is 0 Å². The molecule has 0 radical (unpaired) electrons. The summed E-state index contributed by atoms with van der Waals surface area (Å²) in [6.45, 7) is 9.48. The van der Waals surface area contributed by atoms with Gasteiger partial charge in [0.1, 0.15) is 11.6 Å². The fraction of sp³-hybridized carbons (Fsp3) is 0.500. The minimum absolute atomic E-state index is 0.0407. The Labute approximate surface area is 196 Å². The van der Waals surface area contributed by atoms with E-state index in [0.29, 0.717) is 23.9 Å². The summed E-state index contributed by atoms with van der Waals surface area (Å²) < 4.78 is 8.03. The van der Waals surface area contributed by atoms with E-state index in [1.807, 2.05) is 34.9 Å². The van der Waals surface area contributed by atoms with Gasteiger partial charge in [-0.2, -0.15) is 0 Å². The second-order valence-electron chi connectivity index (χ2n) is 10.1. The summed E-state index contributed by atoms with van der Waals surface area (Å²) in [4.78, 5) is 21.5. The summed E-state index contributed by atoms with van der Waals surface area (Å²) in [7, 11) is 0. The fourth-order valence-corrected chi connectivity index (χ4v) is 5.13. The number of benzene rings is 2. The molecule has 174 valence electrons. The Kier molecular flexibility index (Phi) is 6.24. The van der Waals surface area contributed by atoms with Crippen LogP contribution in [-0.4, -0.2) is 39.7 Å². The molecular formula is C28H35N3O2. The molecule has 0 bridgehead atoms. The number of nitrogens with zero attached hydrogens (tertiary/aromatic N) is 3. The van der Waals surface area contributed by atoms with Crippen molar-refractivity contribution >= 4 is 10.9 Å². The van der Waals surface area contributed by atoms with Crippen molar-refractivity contribution in [2.24, 2.45) is 5.92 Å². The Morgan fingerprint density at radius 1 is 1.09 bits per heavy atom. The number of fused-ring (bicyclic) bond motifs is 1. The third-order valence-corrected chi connectivity index (χ3v) is 7.39. The van der Waals surface area contributed by atoms with Crippen LogP contribution in [-0.2, 0) is 6.54 Å². The van der Waals surface area contributed by atoms with E-state index in [2.05, 4.69) is 37.8 Å². The molecule has 1 saturated heterocycles. The van der Waals surface area contributed by atoms with Gasteiger partial charge in [-0.25, -0.2) is 4.98 Å². The van der Waals surface area contributed by atoms with Gasteiger partial charge in [-0.15, -0.1) is 0 Å². The van der Waals surface area contributed by atoms with Gasteiger partial charge in [0.2, 0.25) is 0 Å². The number of hydrogen-bond acceptors (Lipinski definition) is 4. The van der Waals surface area contributed by atoms with Gasteiger partial charge in [0.15, 0.2) is 0 Å². The first-order valence-electron chi connectivity index (χ1n) is 12.5. The van der Waals surface area contributed by atoms with Gasteiger partial charge >= 0.3 is 0 Å². The molecule has 2 aliphatic rings. The molecule has 1 aliphatic heterocycles. The van der Waals surface area contributed by atoms with Crippen LogP contribution < -0.4 is 10.3 Å². The largest absolute Gasteiger partial charge is 0.490 e. The summed E-state index contributed by atoms with van der Waals surface area (Å²) in [6, 6.07) is 14.6. The highest BCUT2D eigenvalue weighted by atomic mass is 16.5. The van der Waals surface area contributed by atoms with Crippen molar-refractivity contribution in [1.29, 1.82) is 0 Å². The average Bonchev–Trinajstić information content (AvgIpc) is 2.79. The van der Waals surface area contributed by atoms with Crippen LogP contribution in [0.2, 0.25) is 0 Å². The molecule has 33 heavy (non-hydrogen) atoms. The van der Waals surface area contributed by atoms with Crippen molar-refractivity contribution in [3.8, 4) is 17.1 Å². The molecule has 2 fully saturated rings. The normalized spacial score (nSPS) is 19.7. The van der Waals surface area contributed by atoms with E-state index in [9.17, 15) is 4.79 Å². The molecule has 0 N–H and O–H groups in total. The van der Waals surface area contributed by atoms with Crippen LogP contribution in [0, 0.1) is 12.8 Å². The molecule has 1 atom stereocenters. The number of aromatic nitrogens is 2. The molecule has 2 heterocycles. The number of ether oxygens (including phenoxy) is 1. The zero-order valence-electron chi connectivity index (χ0n) is 20.1. The molecule has 5 nitrogen and oxygen atoms in total. The molecule has 2 aromatic carbocycles. The topological polar surface area (TPSA) is 47.4 Å². The van der Waals surface area contributed by atoms with Gasteiger partial charge < -0.3 is 9.64 Å². The number of hydrogen-bond donors (Lipinski definition) is 0. The lowest BCUT2D eigenvalue weighted by molar-refractivity contribution is 0.120. The van der Waals surface area contributed by atoms with Crippen molar-refractivity contribution in [2.75, 3.05) is 13.1 Å². The average molecular weight is 446 g/mol. The SMILES string of the molecule is Cc1ccccc1-c1nc2ccc(OC3CCC3)cc2c(=O)n1C[C@H]1CCCN(C(C)C)C1. The van der Waals surface area contributed by atoms with Crippen LogP contribution in [0.4, 0.5) is 0 Å². The third-order valence-electron chi connectivity index (χ3n) is 7.39. The lowest BCUT2D eigenvalue weighted by Crippen LogP contribution is -2.42. The third kappa shape index (κ3) is 4.56. The van der Waals surface area contributed by atoms with Gasteiger partial charge in [-0.05, 0) is 89.1 Å². The van der Waals surface area contributed by atoms with Crippen molar-refractivity contribution in [2.45, 2.75) is 71.6 Å². The maximum Gasteiger partial charge on any atom is 0.261 e. The predicted octanol–water partition coefficient (Wildman–Crippen LogP) is 5.42. The molecule has 5 heteroatoms. The summed E-state index contributed by atoms with van der Waals surface area (Å²) in [6.07, 6.45) is 6.03. The minimum atomic E-state index is 0.0407. The van der Waals surface area contributed by atoms with Gasteiger partial charge in [-0.3, -0.25) is 9.36 Å². The van der Waals surface area contributed by atoms with Crippen molar-refractivity contribution < 1.29 is 4.74 Å². The number of likely N-dealkylation sites (tertiary alicyclic amines) is 1. The van der Waals surface area contributed by atoms with Crippen molar-refractivity contribution in [3.63, 3.8) is 0 Å². The van der Waals surface area contributed by atoms with Gasteiger partial charge in [0.25, 0.3) is 5.56 Å². The van der Waals surface area contributed by atoms with Gasteiger partial charge in [-0.1, -0.05) is 24.3 Å². The van der Waals surface area contributed by atoms with E-state index in [4.69, 9.17) is 9.72 Å². The summed E-state index contributed by atoms with van der Waals surface area (Å²) in [5.41, 5.74) is 2.94. The Morgan fingerprint density at radius 2 is 1.91 bits per heavy atom. The van der Waals surface area contributed by atoms with Crippen LogP contribution in [0.25, 0.3) is 22.3 Å². The fourth-order valence-electron chi connectivity index (χ4n) is 5.13. The quantitative estimate of drug-likeness (QED) is 0.508. The summed E-state index contributed by atoms with van der Waals surface area (Å²) in [5.74, 6) is 2.00. The lowest BCUT2D eigenvalue weighted by atomic mass is 9.96. The highest BCUT2D eigenvalue weighted by molar-refractivity contribution is 5.81. The van der Waals surface area contributed by atoms with Crippen LogP contribution in [0.15, 0.2) is 47.3 Å². The maximum absolute atomic E-state index is 13.9. The summed E-state index contributed by atoms with van der Waals surface area (Å²) in [5, 5.41) is 0.653. The molecule has 5 rings (SSSR count). The van der Waals surface area contributed by atoms with E-state index in [-0.39, 0.29) is 11.7 Å². The first-order chi connectivity index (χ1) is 16.0. The Hall–Kier alpha value is -2.66. The maximum atomic E-state index is 13.9.